The van der Waals surface area contributed by atoms with Crippen molar-refractivity contribution < 1.29 is 24.2 Å². The first-order valence-electron chi connectivity index (χ1n) is 7.35. The predicted molar refractivity (Wildman–Crippen MR) is 95.7 cm³/mol. The Bertz CT molecular complexity index is 878. The number of amides is 1. The van der Waals surface area contributed by atoms with Crippen LogP contribution in [0.5, 0.6) is 11.5 Å². The number of hydrogen-bond donors (Lipinski definition) is 1. The van der Waals surface area contributed by atoms with Crippen molar-refractivity contribution in [3.63, 3.8) is 0 Å². The molecule has 0 aliphatic carbocycles. The first kappa shape index (κ1) is 17.0. The minimum absolute atomic E-state index is 0.0528. The van der Waals surface area contributed by atoms with Crippen molar-refractivity contribution in [2.45, 2.75) is 0 Å². The zero-order valence-electron chi connectivity index (χ0n) is 13.2. The van der Waals surface area contributed by atoms with Gasteiger partial charge in [0.2, 0.25) is 0 Å². The van der Waals surface area contributed by atoms with Crippen LogP contribution in [0.4, 0.5) is 5.69 Å². The van der Waals surface area contributed by atoms with E-state index in [1.807, 2.05) is 0 Å². The molecule has 128 valence electrons. The number of anilines is 1. The highest BCUT2D eigenvalue weighted by Gasteiger charge is 2.31. The molecule has 1 aliphatic heterocycles. The Balaban J connectivity index is 2.01. The highest BCUT2D eigenvalue weighted by molar-refractivity contribution is 9.10. The van der Waals surface area contributed by atoms with E-state index < -0.39 is 18.4 Å². The van der Waals surface area contributed by atoms with Crippen molar-refractivity contribution in [1.29, 1.82) is 0 Å². The maximum atomic E-state index is 12.7. The lowest BCUT2D eigenvalue weighted by atomic mass is 10.1. The van der Waals surface area contributed by atoms with E-state index in [2.05, 4.69) is 15.9 Å². The maximum absolute atomic E-state index is 12.7. The molecule has 0 atom stereocenters. The van der Waals surface area contributed by atoms with Crippen molar-refractivity contribution >= 4 is 39.6 Å². The molecule has 0 bridgehead atoms. The maximum Gasteiger partial charge on any atom is 0.323 e. The van der Waals surface area contributed by atoms with Crippen molar-refractivity contribution in [2.75, 3.05) is 18.6 Å². The lowest BCUT2D eigenvalue weighted by Crippen LogP contribution is -2.40. The summed E-state index contributed by atoms with van der Waals surface area (Å²) in [5.41, 5.74) is 1.15. The summed E-state index contributed by atoms with van der Waals surface area (Å²) in [7, 11) is 1.56. The van der Waals surface area contributed by atoms with Gasteiger partial charge in [0.25, 0.3) is 5.91 Å². The molecule has 7 heteroatoms. The molecule has 1 N–H and O–H groups in total. The molecule has 0 fully saturated rings. The Morgan fingerprint density at radius 2 is 2.08 bits per heavy atom. The number of carboxylic acids is 1. The van der Waals surface area contributed by atoms with Crippen molar-refractivity contribution in [1.82, 2.24) is 0 Å². The van der Waals surface area contributed by atoms with E-state index in [0.29, 0.717) is 22.7 Å². The summed E-state index contributed by atoms with van der Waals surface area (Å²) in [5, 5.41) is 9.10. The molecule has 0 radical (unpaired) electrons. The molecule has 1 aliphatic rings. The fourth-order valence-electron chi connectivity index (χ4n) is 2.48. The van der Waals surface area contributed by atoms with Gasteiger partial charge in [-0.25, -0.2) is 0 Å². The number of hydrogen-bond acceptors (Lipinski definition) is 4. The molecule has 0 saturated heterocycles. The molecular weight excluding hydrogens is 390 g/mol. The summed E-state index contributed by atoms with van der Waals surface area (Å²) in [4.78, 5) is 25.0. The highest BCUT2D eigenvalue weighted by Crippen LogP contribution is 2.35. The minimum atomic E-state index is -1.10. The largest absolute Gasteiger partial charge is 0.496 e. The number of carbonyl (C=O) groups is 2. The third-order valence-electron chi connectivity index (χ3n) is 3.60. The number of carboxylic acid groups (broad SMARTS) is 1. The van der Waals surface area contributed by atoms with Crippen molar-refractivity contribution in [2.24, 2.45) is 0 Å². The van der Waals surface area contributed by atoms with E-state index in [9.17, 15) is 9.59 Å². The number of carbonyl (C=O) groups excluding carboxylic acids is 1. The monoisotopic (exact) mass is 403 g/mol. The molecule has 1 amide bonds. The number of benzene rings is 2. The Kier molecular flexibility index (Phi) is 4.76. The quantitative estimate of drug-likeness (QED) is 0.792. The fraction of sp³-hybridized carbons (Fsp3) is 0.111. The molecule has 2 aromatic carbocycles. The number of ether oxygens (including phenoxy) is 2. The molecule has 1 heterocycles. The Morgan fingerprint density at radius 3 is 2.76 bits per heavy atom. The standard InChI is InChI=1S/C18H14BrNO5/c1-24-14-7-6-11(8-12(14)19)9-16-18(23)20(10-17(21)22)13-4-2-3-5-15(13)25-16/h2-9H,10H2,1H3,(H,21,22)/b16-9+. The number of methoxy groups -OCH3 is 1. The predicted octanol–water partition coefficient (Wildman–Crippen LogP) is 3.31. The fourth-order valence-corrected chi connectivity index (χ4v) is 3.04. The average Bonchev–Trinajstić information content (AvgIpc) is 2.58. The number of aliphatic carboxylic acids is 1. The van der Waals surface area contributed by atoms with Crippen LogP contribution in [0, 0.1) is 0 Å². The highest BCUT2D eigenvalue weighted by atomic mass is 79.9. The van der Waals surface area contributed by atoms with Gasteiger partial charge in [-0.05, 0) is 51.8 Å². The Hall–Kier alpha value is -2.80. The van der Waals surface area contributed by atoms with E-state index in [1.54, 1.807) is 55.7 Å². The van der Waals surface area contributed by atoms with Gasteiger partial charge in [0, 0.05) is 0 Å². The molecule has 0 spiro atoms. The second-order valence-corrected chi connectivity index (χ2v) is 6.11. The summed E-state index contributed by atoms with van der Waals surface area (Å²) in [6.45, 7) is -0.442. The molecule has 3 rings (SSSR count). The third-order valence-corrected chi connectivity index (χ3v) is 4.22. The number of rotatable bonds is 4. The minimum Gasteiger partial charge on any atom is -0.496 e. The zero-order valence-corrected chi connectivity index (χ0v) is 14.8. The molecule has 0 unspecified atom stereocenters. The van der Waals surface area contributed by atoms with Crippen LogP contribution in [-0.2, 0) is 9.59 Å². The summed E-state index contributed by atoms with van der Waals surface area (Å²) >= 11 is 3.39. The Labute approximate surface area is 152 Å². The van der Waals surface area contributed by atoms with Crippen LogP contribution >= 0.6 is 15.9 Å². The zero-order chi connectivity index (χ0) is 18.0. The van der Waals surface area contributed by atoms with Crippen LogP contribution in [0.25, 0.3) is 6.08 Å². The van der Waals surface area contributed by atoms with Gasteiger partial charge >= 0.3 is 5.97 Å². The summed E-state index contributed by atoms with van der Waals surface area (Å²) in [6, 6.07) is 12.1. The third kappa shape index (κ3) is 3.51. The van der Waals surface area contributed by atoms with E-state index in [-0.39, 0.29) is 5.76 Å². The van der Waals surface area contributed by atoms with Gasteiger partial charge < -0.3 is 14.6 Å². The molecular formula is C18H14BrNO5. The van der Waals surface area contributed by atoms with Crippen LogP contribution in [0.15, 0.2) is 52.7 Å². The normalized spacial score (nSPS) is 14.9. The SMILES string of the molecule is COc1ccc(/C=C2/Oc3ccccc3N(CC(=O)O)C2=O)cc1Br. The summed E-state index contributed by atoms with van der Waals surface area (Å²) in [6.07, 6.45) is 1.57. The lowest BCUT2D eigenvalue weighted by Gasteiger charge is -2.29. The van der Waals surface area contributed by atoms with Gasteiger partial charge in [-0.2, -0.15) is 0 Å². The van der Waals surface area contributed by atoms with E-state index in [4.69, 9.17) is 14.6 Å². The number of para-hydroxylation sites is 2. The summed E-state index contributed by atoms with van der Waals surface area (Å²) < 4.78 is 11.6. The second kappa shape index (κ2) is 6.98. The topological polar surface area (TPSA) is 76.1 Å². The molecule has 25 heavy (non-hydrogen) atoms. The summed E-state index contributed by atoms with van der Waals surface area (Å²) in [5.74, 6) is -0.459. The van der Waals surface area contributed by atoms with E-state index in [1.165, 1.54) is 4.90 Å². The molecule has 6 nitrogen and oxygen atoms in total. The first-order chi connectivity index (χ1) is 12.0. The van der Waals surface area contributed by atoms with Gasteiger partial charge in [0.05, 0.1) is 17.3 Å². The van der Waals surface area contributed by atoms with Crippen LogP contribution in [0.3, 0.4) is 0 Å². The second-order valence-electron chi connectivity index (χ2n) is 5.26. The van der Waals surface area contributed by atoms with Crippen LogP contribution in [0.1, 0.15) is 5.56 Å². The van der Waals surface area contributed by atoms with Gasteiger partial charge in [-0.15, -0.1) is 0 Å². The average molecular weight is 404 g/mol. The van der Waals surface area contributed by atoms with Crippen molar-refractivity contribution in [3.05, 3.63) is 58.3 Å². The molecule has 2 aromatic rings. The van der Waals surface area contributed by atoms with Crippen molar-refractivity contribution in [3.8, 4) is 11.5 Å². The van der Waals surface area contributed by atoms with Gasteiger partial charge in [0.15, 0.2) is 11.5 Å². The first-order valence-corrected chi connectivity index (χ1v) is 8.14. The Morgan fingerprint density at radius 1 is 1.32 bits per heavy atom. The van der Waals surface area contributed by atoms with Crippen LogP contribution < -0.4 is 14.4 Å². The van der Waals surface area contributed by atoms with E-state index in [0.717, 1.165) is 4.47 Å². The van der Waals surface area contributed by atoms with Crippen LogP contribution in [0.2, 0.25) is 0 Å². The number of nitrogens with zero attached hydrogens (tertiary/aromatic N) is 1. The number of halogens is 1. The van der Waals surface area contributed by atoms with Gasteiger partial charge in [0.1, 0.15) is 12.3 Å². The molecule has 0 saturated carbocycles. The van der Waals surface area contributed by atoms with Crippen LogP contribution in [-0.4, -0.2) is 30.6 Å². The smallest absolute Gasteiger partial charge is 0.323 e. The molecule has 0 aromatic heterocycles. The van der Waals surface area contributed by atoms with E-state index >= 15 is 0 Å². The van der Waals surface area contributed by atoms with Gasteiger partial charge in [-0.1, -0.05) is 18.2 Å². The van der Waals surface area contributed by atoms with Gasteiger partial charge in [-0.3, -0.25) is 14.5 Å². The lowest BCUT2D eigenvalue weighted by molar-refractivity contribution is -0.136. The number of fused-ring (bicyclic) bond motifs is 1.